The molecule has 0 aliphatic heterocycles. The summed E-state index contributed by atoms with van der Waals surface area (Å²) in [6, 6.07) is 11.0. The van der Waals surface area contributed by atoms with E-state index >= 15 is 0 Å². The Labute approximate surface area is 200 Å². The SMILES string of the molecule is COc1cc(CNCCNC(=O)c2nonc2N)cc(Cl)c1OCc1ccccc1Cl.[Cl-]. The minimum atomic E-state index is -0.453. The number of rotatable bonds is 10. The lowest BCUT2D eigenvalue weighted by Gasteiger charge is -2.15. The van der Waals surface area contributed by atoms with Gasteiger partial charge in [0.2, 0.25) is 11.5 Å². The van der Waals surface area contributed by atoms with E-state index in [1.807, 2.05) is 24.3 Å². The molecule has 3 rings (SSSR count). The summed E-state index contributed by atoms with van der Waals surface area (Å²) >= 11 is 12.6. The topological polar surface area (TPSA) is 125 Å². The van der Waals surface area contributed by atoms with Crippen molar-refractivity contribution in [2.75, 3.05) is 25.9 Å². The number of carbonyl (C=O) groups excluding carboxylic acids is 1. The Hall–Kier alpha value is -2.72. The third-order valence-electron chi connectivity index (χ3n) is 4.26. The fourth-order valence-electron chi connectivity index (χ4n) is 2.71. The molecule has 0 bridgehead atoms. The Morgan fingerprint density at radius 1 is 1.16 bits per heavy atom. The van der Waals surface area contributed by atoms with Crippen molar-refractivity contribution in [2.24, 2.45) is 0 Å². The molecule has 9 nitrogen and oxygen atoms in total. The summed E-state index contributed by atoms with van der Waals surface area (Å²) in [5.74, 6) is 0.451. The molecule has 1 amide bonds. The standard InChI is InChI=1S/C20H21Cl2N5O4.ClH/c1-29-16-9-12(10-24-6-7-25-20(28)17-19(23)27-31-26-17)8-15(22)18(16)30-11-13-4-2-3-5-14(13)21;/h2-5,8-9,24H,6-7,10-11H2,1H3,(H2,23,27)(H,25,28);1H/p-1. The highest BCUT2D eigenvalue weighted by Gasteiger charge is 2.15. The van der Waals surface area contributed by atoms with Crippen LogP contribution in [-0.4, -0.2) is 36.4 Å². The van der Waals surface area contributed by atoms with Gasteiger partial charge >= 0.3 is 0 Å². The van der Waals surface area contributed by atoms with Crippen molar-refractivity contribution >= 4 is 34.9 Å². The van der Waals surface area contributed by atoms with Crippen LogP contribution >= 0.6 is 23.2 Å². The van der Waals surface area contributed by atoms with E-state index in [1.54, 1.807) is 19.2 Å². The van der Waals surface area contributed by atoms with Crippen LogP contribution in [0.2, 0.25) is 10.0 Å². The lowest BCUT2D eigenvalue weighted by Crippen LogP contribution is -3.00. The molecule has 0 atom stereocenters. The van der Waals surface area contributed by atoms with Gasteiger partial charge in [-0.2, -0.15) is 0 Å². The van der Waals surface area contributed by atoms with E-state index in [9.17, 15) is 4.79 Å². The molecule has 4 N–H and O–H groups in total. The molecule has 12 heteroatoms. The number of anilines is 1. The van der Waals surface area contributed by atoms with Crippen LogP contribution in [0, 0.1) is 0 Å². The molecule has 0 fully saturated rings. The second-order valence-corrected chi connectivity index (χ2v) is 7.23. The maximum atomic E-state index is 11.9. The zero-order valence-electron chi connectivity index (χ0n) is 17.0. The summed E-state index contributed by atoms with van der Waals surface area (Å²) in [6.45, 7) is 1.62. The first-order valence-corrected chi connectivity index (χ1v) is 10.0. The van der Waals surface area contributed by atoms with Crippen LogP contribution in [0.4, 0.5) is 5.82 Å². The Morgan fingerprint density at radius 2 is 1.94 bits per heavy atom. The average Bonchev–Trinajstić information content (AvgIpc) is 3.19. The highest BCUT2D eigenvalue weighted by atomic mass is 35.5. The van der Waals surface area contributed by atoms with E-state index in [0.29, 0.717) is 41.2 Å². The predicted octanol–water partition coefficient (Wildman–Crippen LogP) is 0.0698. The zero-order chi connectivity index (χ0) is 22.2. The van der Waals surface area contributed by atoms with Crippen molar-refractivity contribution in [2.45, 2.75) is 13.2 Å². The molecule has 0 spiro atoms. The van der Waals surface area contributed by atoms with Crippen LogP contribution in [0.15, 0.2) is 41.0 Å². The fourth-order valence-corrected chi connectivity index (χ4v) is 3.19. The smallest absolute Gasteiger partial charge is 0.277 e. The number of benzene rings is 2. The first kappa shape index (κ1) is 25.5. The first-order valence-electron chi connectivity index (χ1n) is 9.29. The maximum Gasteiger partial charge on any atom is 0.277 e. The van der Waals surface area contributed by atoms with Gasteiger partial charge in [0.15, 0.2) is 11.5 Å². The number of ether oxygens (including phenoxy) is 2. The molecule has 3 aromatic rings. The van der Waals surface area contributed by atoms with Gasteiger partial charge in [-0.3, -0.25) is 4.79 Å². The average molecular weight is 502 g/mol. The quantitative estimate of drug-likeness (QED) is 0.333. The van der Waals surface area contributed by atoms with Crippen LogP contribution in [0.5, 0.6) is 11.5 Å². The van der Waals surface area contributed by atoms with E-state index in [1.165, 1.54) is 0 Å². The maximum absolute atomic E-state index is 11.9. The lowest BCUT2D eigenvalue weighted by atomic mass is 10.2. The minimum Gasteiger partial charge on any atom is -1.00 e. The van der Waals surface area contributed by atoms with E-state index in [2.05, 4.69) is 25.6 Å². The number of aromatic nitrogens is 2. The summed E-state index contributed by atoms with van der Waals surface area (Å²) in [7, 11) is 1.55. The number of nitrogens with two attached hydrogens (primary N) is 1. The van der Waals surface area contributed by atoms with Crippen LogP contribution in [-0.2, 0) is 13.2 Å². The van der Waals surface area contributed by atoms with Gasteiger partial charge in [0.25, 0.3) is 5.91 Å². The molecule has 32 heavy (non-hydrogen) atoms. The molecular weight excluding hydrogens is 481 g/mol. The van der Waals surface area contributed by atoms with Gasteiger partial charge in [0, 0.05) is 30.2 Å². The Balaban J connectivity index is 0.00000363. The minimum absolute atomic E-state index is 0. The largest absolute Gasteiger partial charge is 1.00 e. The normalized spacial score (nSPS) is 10.3. The molecule has 2 aromatic carbocycles. The lowest BCUT2D eigenvalue weighted by molar-refractivity contribution is -0.0000156. The van der Waals surface area contributed by atoms with Crippen LogP contribution < -0.4 is 38.2 Å². The highest BCUT2D eigenvalue weighted by Crippen LogP contribution is 2.37. The van der Waals surface area contributed by atoms with Crippen molar-refractivity contribution < 1.29 is 31.3 Å². The number of amides is 1. The molecular formula is C20H21Cl3N5O4-. The Kier molecular flexibility index (Phi) is 9.86. The van der Waals surface area contributed by atoms with Gasteiger partial charge < -0.3 is 38.2 Å². The van der Waals surface area contributed by atoms with Crippen LogP contribution in [0.1, 0.15) is 21.6 Å². The van der Waals surface area contributed by atoms with Gasteiger partial charge in [0.05, 0.1) is 12.1 Å². The van der Waals surface area contributed by atoms with Crippen molar-refractivity contribution in [3.8, 4) is 11.5 Å². The highest BCUT2D eigenvalue weighted by molar-refractivity contribution is 6.32. The monoisotopic (exact) mass is 500 g/mol. The molecule has 0 radical (unpaired) electrons. The van der Waals surface area contributed by atoms with Crippen molar-refractivity contribution in [3.63, 3.8) is 0 Å². The molecule has 1 aromatic heterocycles. The molecule has 1 heterocycles. The number of halogens is 3. The second kappa shape index (κ2) is 12.4. The predicted molar refractivity (Wildman–Crippen MR) is 117 cm³/mol. The number of nitrogen functional groups attached to an aromatic ring is 1. The number of hydrogen-bond acceptors (Lipinski definition) is 8. The first-order chi connectivity index (χ1) is 15.0. The number of methoxy groups -OCH3 is 1. The number of hydrogen-bond donors (Lipinski definition) is 3. The van der Waals surface area contributed by atoms with Crippen molar-refractivity contribution in [3.05, 3.63) is 63.3 Å². The van der Waals surface area contributed by atoms with E-state index in [-0.39, 0.29) is 30.5 Å². The molecule has 0 unspecified atom stereocenters. The van der Waals surface area contributed by atoms with E-state index < -0.39 is 5.91 Å². The summed E-state index contributed by atoms with van der Waals surface area (Å²) < 4.78 is 15.7. The third-order valence-corrected chi connectivity index (χ3v) is 4.91. The van der Waals surface area contributed by atoms with Gasteiger partial charge in [-0.1, -0.05) is 41.4 Å². The van der Waals surface area contributed by atoms with Gasteiger partial charge in [-0.25, -0.2) is 4.63 Å². The van der Waals surface area contributed by atoms with Gasteiger partial charge in [0.1, 0.15) is 6.61 Å². The Bertz CT molecular complexity index is 1050. The van der Waals surface area contributed by atoms with Crippen molar-refractivity contribution in [1.29, 1.82) is 0 Å². The van der Waals surface area contributed by atoms with Gasteiger partial charge in [-0.15, -0.1) is 0 Å². The molecule has 172 valence electrons. The second-order valence-electron chi connectivity index (χ2n) is 6.42. The summed E-state index contributed by atoms with van der Waals surface area (Å²) in [5, 5.41) is 13.7. The molecule has 0 aliphatic carbocycles. The van der Waals surface area contributed by atoms with E-state index in [0.717, 1.165) is 11.1 Å². The fraction of sp³-hybridized carbons (Fsp3) is 0.250. The number of nitrogens with one attached hydrogen (secondary N) is 2. The van der Waals surface area contributed by atoms with E-state index in [4.69, 9.17) is 38.4 Å². The number of carbonyl (C=O) groups is 1. The third kappa shape index (κ3) is 6.64. The molecule has 0 aliphatic rings. The summed E-state index contributed by atoms with van der Waals surface area (Å²) in [5.41, 5.74) is 7.18. The van der Waals surface area contributed by atoms with Crippen LogP contribution in [0.3, 0.4) is 0 Å². The number of nitrogens with zero attached hydrogens (tertiary/aromatic N) is 2. The summed E-state index contributed by atoms with van der Waals surface area (Å²) in [6.07, 6.45) is 0. The Morgan fingerprint density at radius 3 is 2.62 bits per heavy atom. The zero-order valence-corrected chi connectivity index (χ0v) is 19.3. The summed E-state index contributed by atoms with van der Waals surface area (Å²) in [4.78, 5) is 11.9. The van der Waals surface area contributed by atoms with Crippen molar-refractivity contribution in [1.82, 2.24) is 20.9 Å². The van der Waals surface area contributed by atoms with Gasteiger partial charge in [-0.05, 0) is 34.1 Å². The molecule has 0 saturated heterocycles. The van der Waals surface area contributed by atoms with Crippen LogP contribution in [0.25, 0.3) is 0 Å². The molecule has 0 saturated carbocycles.